The average molecular weight is 388 g/mol. The summed E-state index contributed by atoms with van der Waals surface area (Å²) in [5.74, 6) is -1.19. The Morgan fingerprint density at radius 3 is 2.78 bits per heavy atom. The molecule has 142 valence electrons. The summed E-state index contributed by atoms with van der Waals surface area (Å²) in [7, 11) is 0. The predicted molar refractivity (Wildman–Crippen MR) is 105 cm³/mol. The second-order valence-corrected chi connectivity index (χ2v) is 7.00. The molecule has 0 bridgehead atoms. The Hall–Kier alpha value is -3.07. The lowest BCUT2D eigenvalue weighted by Gasteiger charge is -2.27. The quantitative estimate of drug-likeness (QED) is 0.355. The van der Waals surface area contributed by atoms with Gasteiger partial charge >= 0.3 is 6.09 Å². The molecular weight excluding hydrogens is 368 g/mol. The largest absolute Gasteiger partial charge is 0.444 e. The molecule has 2 N–H and O–H groups in total. The Kier molecular flexibility index (Phi) is 6.06. The zero-order valence-corrected chi connectivity index (χ0v) is 16.1. The number of amides is 3. The van der Waals surface area contributed by atoms with Crippen LogP contribution in [0.5, 0.6) is 0 Å². The summed E-state index contributed by atoms with van der Waals surface area (Å²) < 4.78 is 5.22. The van der Waals surface area contributed by atoms with Crippen LogP contribution in [0.2, 0.25) is 0 Å². The minimum atomic E-state index is -0.671. The highest BCUT2D eigenvalue weighted by molar-refractivity contribution is 7.80. The van der Waals surface area contributed by atoms with Gasteiger partial charge in [0.25, 0.3) is 11.8 Å². The Morgan fingerprint density at radius 2 is 2.15 bits per heavy atom. The van der Waals surface area contributed by atoms with Crippen molar-refractivity contribution in [3.8, 4) is 0 Å². The van der Waals surface area contributed by atoms with E-state index in [1.165, 1.54) is 35.5 Å². The first-order valence-corrected chi connectivity index (χ1v) is 8.47. The molecule has 2 rings (SSSR count). The molecule has 1 aliphatic heterocycles. The fourth-order valence-electron chi connectivity index (χ4n) is 2.19. The number of carbonyl (C=O) groups excluding carboxylic acids is 3. The molecule has 0 spiro atoms. The normalized spacial score (nSPS) is 16.2. The van der Waals surface area contributed by atoms with Crippen LogP contribution in [0, 0.1) is 0 Å². The number of hydrogen-bond acceptors (Lipinski definition) is 6. The second kappa shape index (κ2) is 8.09. The molecule has 8 nitrogen and oxygen atoms in total. The lowest BCUT2D eigenvalue weighted by atomic mass is 10.1. The van der Waals surface area contributed by atoms with Crippen LogP contribution in [-0.4, -0.2) is 45.0 Å². The summed E-state index contributed by atoms with van der Waals surface area (Å²) in [5, 5.41) is 5.06. The zero-order valence-electron chi connectivity index (χ0n) is 15.2. The van der Waals surface area contributed by atoms with Gasteiger partial charge in [-0.25, -0.2) is 4.79 Å². The lowest BCUT2D eigenvalue weighted by Crippen LogP contribution is -2.53. The zero-order chi connectivity index (χ0) is 20.2. The molecule has 0 saturated carbocycles. The van der Waals surface area contributed by atoms with Crippen LogP contribution in [-0.2, 0) is 14.3 Å². The number of aromatic nitrogens is 1. The van der Waals surface area contributed by atoms with E-state index in [2.05, 4.69) is 22.2 Å². The van der Waals surface area contributed by atoms with Crippen molar-refractivity contribution < 1.29 is 19.1 Å². The maximum absolute atomic E-state index is 12.6. The first-order valence-electron chi connectivity index (χ1n) is 8.06. The van der Waals surface area contributed by atoms with Crippen molar-refractivity contribution in [2.45, 2.75) is 26.4 Å². The van der Waals surface area contributed by atoms with Gasteiger partial charge in [0.15, 0.2) is 5.11 Å². The summed E-state index contributed by atoms with van der Waals surface area (Å²) in [6.45, 7) is 8.95. The number of rotatable bonds is 4. The number of hydrogen-bond donors (Lipinski definition) is 2. The fourth-order valence-corrected chi connectivity index (χ4v) is 2.44. The van der Waals surface area contributed by atoms with Crippen LogP contribution < -0.4 is 10.6 Å². The van der Waals surface area contributed by atoms with Crippen LogP contribution in [0.4, 0.5) is 10.5 Å². The van der Waals surface area contributed by atoms with Crippen LogP contribution in [0.25, 0.3) is 6.08 Å². The first kappa shape index (κ1) is 20.2. The van der Waals surface area contributed by atoms with Crippen LogP contribution in [0.3, 0.4) is 0 Å². The van der Waals surface area contributed by atoms with Crippen molar-refractivity contribution in [3.63, 3.8) is 0 Å². The third-order valence-corrected chi connectivity index (χ3v) is 3.61. The van der Waals surface area contributed by atoms with Gasteiger partial charge < -0.3 is 4.74 Å². The number of carbonyl (C=O) groups is 3. The van der Waals surface area contributed by atoms with Crippen molar-refractivity contribution in [1.29, 1.82) is 0 Å². The van der Waals surface area contributed by atoms with E-state index in [9.17, 15) is 14.4 Å². The van der Waals surface area contributed by atoms with Gasteiger partial charge in [0.1, 0.15) is 11.2 Å². The van der Waals surface area contributed by atoms with E-state index in [1.54, 1.807) is 20.8 Å². The SMILES string of the molecule is C=CCN1C(=O)/C(=C/c2cnccc2NC(=O)OC(C)(C)C)C(=O)NC1=S. The summed E-state index contributed by atoms with van der Waals surface area (Å²) in [5.41, 5.74) is -0.0924. The highest BCUT2D eigenvalue weighted by Gasteiger charge is 2.32. The third kappa shape index (κ3) is 5.20. The van der Waals surface area contributed by atoms with Gasteiger partial charge in [0.2, 0.25) is 0 Å². The van der Waals surface area contributed by atoms with Gasteiger partial charge in [-0.3, -0.25) is 30.1 Å². The van der Waals surface area contributed by atoms with Crippen molar-refractivity contribution in [3.05, 3.63) is 42.3 Å². The Labute approximate surface area is 162 Å². The maximum Gasteiger partial charge on any atom is 0.412 e. The van der Waals surface area contributed by atoms with Crippen molar-refractivity contribution in [2.24, 2.45) is 0 Å². The van der Waals surface area contributed by atoms with Crippen LogP contribution >= 0.6 is 12.2 Å². The van der Waals surface area contributed by atoms with Gasteiger partial charge in [0.05, 0.1) is 5.69 Å². The second-order valence-electron chi connectivity index (χ2n) is 6.61. The van der Waals surface area contributed by atoms with Crippen LogP contribution in [0.15, 0.2) is 36.7 Å². The molecule has 3 amide bonds. The predicted octanol–water partition coefficient (Wildman–Crippen LogP) is 2.24. The number of pyridine rings is 1. The summed E-state index contributed by atoms with van der Waals surface area (Å²) in [6, 6.07) is 1.54. The molecule has 1 saturated heterocycles. The number of nitrogens with one attached hydrogen (secondary N) is 2. The topological polar surface area (TPSA) is 101 Å². The molecule has 0 radical (unpaired) electrons. The molecule has 2 heterocycles. The Bertz CT molecular complexity index is 842. The smallest absolute Gasteiger partial charge is 0.412 e. The van der Waals surface area contributed by atoms with E-state index < -0.39 is 23.5 Å². The molecule has 0 unspecified atom stereocenters. The molecular formula is C18H20N4O4S. The minimum absolute atomic E-state index is 0.0142. The highest BCUT2D eigenvalue weighted by Crippen LogP contribution is 2.21. The van der Waals surface area contributed by atoms with Gasteiger partial charge in [0, 0.05) is 24.5 Å². The van der Waals surface area contributed by atoms with Crippen molar-refractivity contribution in [2.75, 3.05) is 11.9 Å². The molecule has 0 aliphatic carbocycles. The average Bonchev–Trinajstić information content (AvgIpc) is 2.55. The summed E-state index contributed by atoms with van der Waals surface area (Å²) in [6.07, 6.45) is 5.07. The van der Waals surface area contributed by atoms with E-state index in [-0.39, 0.29) is 17.2 Å². The van der Waals surface area contributed by atoms with E-state index >= 15 is 0 Å². The number of ether oxygens (including phenoxy) is 1. The van der Waals surface area contributed by atoms with E-state index in [0.29, 0.717) is 11.3 Å². The van der Waals surface area contributed by atoms with Crippen molar-refractivity contribution in [1.82, 2.24) is 15.2 Å². The number of nitrogens with zero attached hydrogens (tertiary/aromatic N) is 2. The standard InChI is InChI=1S/C18H20N4O4S/c1-5-8-22-15(24)12(14(23)21-16(22)27)9-11-10-19-7-6-13(11)20-17(25)26-18(2,3)4/h5-7,9-10H,1,8H2,2-4H3,(H,19,20,25)(H,21,23,27)/b12-9+. The molecule has 9 heteroatoms. The molecule has 0 atom stereocenters. The van der Waals surface area contributed by atoms with Gasteiger partial charge in [-0.2, -0.15) is 0 Å². The van der Waals surface area contributed by atoms with E-state index in [1.807, 2.05) is 0 Å². The van der Waals surface area contributed by atoms with Crippen LogP contribution in [0.1, 0.15) is 26.3 Å². The highest BCUT2D eigenvalue weighted by atomic mass is 32.1. The number of thiocarbonyl (C=S) groups is 1. The van der Waals surface area contributed by atoms with E-state index in [4.69, 9.17) is 17.0 Å². The van der Waals surface area contributed by atoms with E-state index in [0.717, 1.165) is 0 Å². The van der Waals surface area contributed by atoms with Gasteiger partial charge in [-0.1, -0.05) is 6.08 Å². The maximum atomic E-state index is 12.6. The van der Waals surface area contributed by atoms with Gasteiger partial charge in [-0.05, 0) is 45.1 Å². The first-order chi connectivity index (χ1) is 12.6. The van der Waals surface area contributed by atoms with Gasteiger partial charge in [-0.15, -0.1) is 6.58 Å². The fraction of sp³-hybridized carbons (Fsp3) is 0.278. The third-order valence-electron chi connectivity index (χ3n) is 3.28. The number of anilines is 1. The Morgan fingerprint density at radius 1 is 1.44 bits per heavy atom. The van der Waals surface area contributed by atoms with Crippen molar-refractivity contribution >= 4 is 47.0 Å². The molecule has 1 aliphatic rings. The Balaban J connectivity index is 2.34. The minimum Gasteiger partial charge on any atom is -0.444 e. The lowest BCUT2D eigenvalue weighted by molar-refractivity contribution is -0.128. The molecule has 1 aromatic heterocycles. The summed E-state index contributed by atoms with van der Waals surface area (Å²) >= 11 is 5.01. The summed E-state index contributed by atoms with van der Waals surface area (Å²) in [4.78, 5) is 42.0. The molecule has 1 aromatic rings. The molecule has 27 heavy (non-hydrogen) atoms. The molecule has 1 fully saturated rings. The molecule has 0 aromatic carbocycles. The monoisotopic (exact) mass is 388 g/mol.